The van der Waals surface area contributed by atoms with Gasteiger partial charge in [-0.3, -0.25) is 4.79 Å². The van der Waals surface area contributed by atoms with E-state index in [1.165, 1.54) is 6.92 Å². The molecule has 0 bridgehead atoms. The van der Waals surface area contributed by atoms with Gasteiger partial charge in [-0.2, -0.15) is 0 Å². The van der Waals surface area contributed by atoms with E-state index in [9.17, 15) is 19.2 Å². The molecule has 0 aliphatic heterocycles. The minimum atomic E-state index is -1.26. The Kier molecular flexibility index (Phi) is 7.33. The van der Waals surface area contributed by atoms with Gasteiger partial charge in [-0.15, -0.1) is 0 Å². The molecule has 0 aromatic rings. The Labute approximate surface area is 123 Å². The van der Waals surface area contributed by atoms with Crippen molar-refractivity contribution in [1.29, 1.82) is 0 Å². The second-order valence-corrected chi connectivity index (χ2v) is 5.47. The van der Waals surface area contributed by atoms with Crippen LogP contribution in [-0.4, -0.2) is 37.1 Å². The van der Waals surface area contributed by atoms with Crippen LogP contribution in [0.4, 0.5) is 0 Å². The molecule has 0 N–H and O–H groups in total. The van der Waals surface area contributed by atoms with Gasteiger partial charge in [-0.25, -0.2) is 14.4 Å². The normalized spacial score (nSPS) is 12.6. The number of hydrogen-bond acceptors (Lipinski definition) is 7. The van der Waals surface area contributed by atoms with Crippen molar-refractivity contribution in [2.75, 3.05) is 7.11 Å². The third-order valence-electron chi connectivity index (χ3n) is 2.07. The number of rotatable bonds is 5. The molecule has 1 unspecified atom stereocenters. The minimum Gasteiger partial charge on any atom is -0.466 e. The summed E-state index contributed by atoms with van der Waals surface area (Å²) in [6.07, 6.45) is 0.461. The predicted molar refractivity (Wildman–Crippen MR) is 71.9 cm³/mol. The average molecular weight is 300 g/mol. The summed E-state index contributed by atoms with van der Waals surface area (Å²) in [5, 5.41) is 0. The van der Waals surface area contributed by atoms with Crippen LogP contribution in [0.15, 0.2) is 12.2 Å². The van der Waals surface area contributed by atoms with Gasteiger partial charge in [0.25, 0.3) is 0 Å². The van der Waals surface area contributed by atoms with Gasteiger partial charge < -0.3 is 14.2 Å². The highest BCUT2D eigenvalue weighted by Crippen LogP contribution is 2.19. The van der Waals surface area contributed by atoms with E-state index >= 15 is 0 Å². The van der Waals surface area contributed by atoms with Crippen molar-refractivity contribution in [3.8, 4) is 0 Å². The number of carbonyl (C=O) groups excluding carboxylic acids is 4. The highest BCUT2D eigenvalue weighted by Gasteiger charge is 2.24. The van der Waals surface area contributed by atoms with Crippen molar-refractivity contribution in [2.24, 2.45) is 5.41 Å². The van der Waals surface area contributed by atoms with E-state index in [0.717, 1.165) is 19.3 Å². The largest absolute Gasteiger partial charge is 0.466 e. The van der Waals surface area contributed by atoms with Crippen molar-refractivity contribution in [1.82, 2.24) is 0 Å². The smallest absolute Gasteiger partial charge is 0.354 e. The van der Waals surface area contributed by atoms with Crippen LogP contribution in [0.3, 0.4) is 0 Å². The standard InChI is InChI=1S/C14H20O7/c1-9(20-11(16)7-6-10(15)19-5)13(18)21-12(17)8-14(2,3)4/h6-7,9H,8H2,1-5H3/b7-6-. The molecule has 7 nitrogen and oxygen atoms in total. The average Bonchev–Trinajstić information content (AvgIpc) is 2.33. The van der Waals surface area contributed by atoms with E-state index in [0.29, 0.717) is 0 Å². The molecule has 0 radical (unpaired) electrons. The van der Waals surface area contributed by atoms with Gasteiger partial charge in [0.1, 0.15) is 0 Å². The topological polar surface area (TPSA) is 96.0 Å². The fourth-order valence-electron chi connectivity index (χ4n) is 1.13. The second-order valence-electron chi connectivity index (χ2n) is 5.47. The summed E-state index contributed by atoms with van der Waals surface area (Å²) in [5.74, 6) is -3.32. The first-order valence-electron chi connectivity index (χ1n) is 6.26. The summed E-state index contributed by atoms with van der Waals surface area (Å²) in [6, 6.07) is 0. The van der Waals surface area contributed by atoms with E-state index < -0.39 is 30.0 Å². The van der Waals surface area contributed by atoms with Crippen LogP contribution in [0.2, 0.25) is 0 Å². The number of carbonyl (C=O) groups is 4. The van der Waals surface area contributed by atoms with Crippen LogP contribution in [0, 0.1) is 5.41 Å². The number of methoxy groups -OCH3 is 1. The summed E-state index contributed by atoms with van der Waals surface area (Å²) in [6.45, 7) is 6.72. The fourth-order valence-corrected chi connectivity index (χ4v) is 1.13. The molecule has 7 heteroatoms. The first kappa shape index (κ1) is 18.8. The third-order valence-corrected chi connectivity index (χ3v) is 2.07. The lowest BCUT2D eigenvalue weighted by Gasteiger charge is -2.17. The Hall–Kier alpha value is -2.18. The van der Waals surface area contributed by atoms with Gasteiger partial charge >= 0.3 is 23.9 Å². The SMILES string of the molecule is COC(=O)/C=C\C(=O)OC(C)C(=O)OC(=O)CC(C)(C)C. The Balaban J connectivity index is 4.34. The van der Waals surface area contributed by atoms with Crippen LogP contribution in [0.5, 0.6) is 0 Å². The van der Waals surface area contributed by atoms with E-state index in [1.54, 1.807) is 0 Å². The maximum atomic E-state index is 11.5. The zero-order chi connectivity index (χ0) is 16.6. The Morgan fingerprint density at radius 3 is 2.05 bits per heavy atom. The zero-order valence-electron chi connectivity index (χ0n) is 12.8. The monoisotopic (exact) mass is 300 g/mol. The van der Waals surface area contributed by atoms with Crippen LogP contribution in [-0.2, 0) is 33.4 Å². The van der Waals surface area contributed by atoms with Crippen molar-refractivity contribution in [3.05, 3.63) is 12.2 Å². The summed E-state index contributed by atoms with van der Waals surface area (Å²) in [4.78, 5) is 45.0. The van der Waals surface area contributed by atoms with Gasteiger partial charge in [0.05, 0.1) is 13.5 Å². The molecule has 0 amide bonds. The summed E-state index contributed by atoms with van der Waals surface area (Å²) in [7, 11) is 1.15. The molecule has 21 heavy (non-hydrogen) atoms. The first-order valence-corrected chi connectivity index (χ1v) is 6.26. The molecule has 0 fully saturated rings. The summed E-state index contributed by atoms with van der Waals surface area (Å²) >= 11 is 0. The molecule has 0 heterocycles. The minimum absolute atomic E-state index is 0.0572. The molecule has 0 saturated carbocycles. The molecule has 0 aromatic carbocycles. The Morgan fingerprint density at radius 2 is 1.57 bits per heavy atom. The van der Waals surface area contributed by atoms with Gasteiger partial charge in [0.15, 0.2) is 6.10 Å². The number of hydrogen-bond donors (Lipinski definition) is 0. The lowest BCUT2D eigenvalue weighted by atomic mass is 9.92. The number of esters is 4. The van der Waals surface area contributed by atoms with E-state index in [-0.39, 0.29) is 11.8 Å². The van der Waals surface area contributed by atoms with Crippen molar-refractivity contribution in [3.63, 3.8) is 0 Å². The van der Waals surface area contributed by atoms with Crippen molar-refractivity contribution in [2.45, 2.75) is 40.2 Å². The van der Waals surface area contributed by atoms with Gasteiger partial charge in [-0.1, -0.05) is 20.8 Å². The second kappa shape index (κ2) is 8.18. The maximum Gasteiger partial charge on any atom is 0.354 e. The number of ether oxygens (including phenoxy) is 3. The van der Waals surface area contributed by atoms with Gasteiger partial charge in [0, 0.05) is 12.2 Å². The fraction of sp³-hybridized carbons (Fsp3) is 0.571. The molecule has 1 atom stereocenters. The summed E-state index contributed by atoms with van der Waals surface area (Å²) < 4.78 is 13.5. The molecule has 0 aliphatic rings. The molecular weight excluding hydrogens is 280 g/mol. The maximum absolute atomic E-state index is 11.5. The van der Waals surface area contributed by atoms with Crippen LogP contribution >= 0.6 is 0 Å². The highest BCUT2D eigenvalue weighted by atomic mass is 16.6. The van der Waals surface area contributed by atoms with E-state index in [2.05, 4.69) is 14.2 Å². The van der Waals surface area contributed by atoms with E-state index in [4.69, 9.17) is 0 Å². The van der Waals surface area contributed by atoms with Crippen LogP contribution in [0.1, 0.15) is 34.1 Å². The highest BCUT2D eigenvalue weighted by molar-refractivity contribution is 5.93. The Bertz CT molecular complexity index is 443. The van der Waals surface area contributed by atoms with Crippen LogP contribution in [0.25, 0.3) is 0 Å². The van der Waals surface area contributed by atoms with Gasteiger partial charge in [-0.05, 0) is 12.3 Å². The lowest BCUT2D eigenvalue weighted by Crippen LogP contribution is -2.29. The molecule has 0 aromatic heterocycles. The first-order chi connectivity index (χ1) is 9.55. The molecular formula is C14H20O7. The van der Waals surface area contributed by atoms with Crippen molar-refractivity contribution < 1.29 is 33.4 Å². The van der Waals surface area contributed by atoms with Crippen LogP contribution < -0.4 is 0 Å². The summed E-state index contributed by atoms with van der Waals surface area (Å²) in [5.41, 5.74) is -0.319. The Morgan fingerprint density at radius 1 is 1.05 bits per heavy atom. The molecule has 0 rings (SSSR count). The quantitative estimate of drug-likeness (QED) is 0.325. The lowest BCUT2D eigenvalue weighted by molar-refractivity contribution is -0.172. The molecule has 118 valence electrons. The zero-order valence-corrected chi connectivity index (χ0v) is 12.8. The van der Waals surface area contributed by atoms with Crippen molar-refractivity contribution >= 4 is 23.9 Å². The third kappa shape index (κ3) is 9.37. The van der Waals surface area contributed by atoms with Gasteiger partial charge in [0.2, 0.25) is 0 Å². The predicted octanol–water partition coefficient (Wildman–Crippen LogP) is 1.15. The molecule has 0 spiro atoms. The molecule has 0 saturated heterocycles. The van der Waals surface area contributed by atoms with E-state index in [1.807, 2.05) is 20.8 Å². The molecule has 0 aliphatic carbocycles.